The Hall–Kier alpha value is -2.77. The third-order valence-electron chi connectivity index (χ3n) is 5.89. The van der Waals surface area contributed by atoms with Crippen LogP contribution in [0.1, 0.15) is 40.7 Å². The van der Waals surface area contributed by atoms with Crippen molar-refractivity contribution in [3.63, 3.8) is 0 Å². The number of fused-ring (bicyclic) bond motifs is 1. The number of hydrogen-bond donors (Lipinski definition) is 1. The van der Waals surface area contributed by atoms with Gasteiger partial charge in [-0.3, -0.25) is 4.79 Å². The highest BCUT2D eigenvalue weighted by molar-refractivity contribution is 7.89. The van der Waals surface area contributed by atoms with Gasteiger partial charge in [-0.15, -0.1) is 0 Å². The molecule has 0 atom stereocenters. The SMILES string of the molecule is Cc1ccc(CNS(=O)(=O)c2cc(-c3nn(C)c(=O)c4c3CCCC4)ccc2C)cc1. The fourth-order valence-electron chi connectivity index (χ4n) is 4.08. The second-order valence-electron chi connectivity index (χ2n) is 8.23. The molecule has 0 aliphatic heterocycles. The van der Waals surface area contributed by atoms with E-state index in [1.54, 1.807) is 26.1 Å². The van der Waals surface area contributed by atoms with Gasteiger partial charge in [0, 0.05) is 24.7 Å². The maximum atomic E-state index is 13.1. The molecule has 1 aliphatic rings. The first-order valence-corrected chi connectivity index (χ1v) is 12.0. The second-order valence-corrected chi connectivity index (χ2v) is 9.97. The molecule has 0 fully saturated rings. The van der Waals surface area contributed by atoms with Crippen LogP contribution < -0.4 is 10.3 Å². The van der Waals surface area contributed by atoms with Crippen molar-refractivity contribution in [2.24, 2.45) is 7.05 Å². The Bertz CT molecular complexity index is 1290. The van der Waals surface area contributed by atoms with E-state index in [1.165, 1.54) is 4.68 Å². The van der Waals surface area contributed by atoms with Gasteiger partial charge in [0.05, 0.1) is 10.6 Å². The van der Waals surface area contributed by atoms with Gasteiger partial charge in [-0.2, -0.15) is 5.10 Å². The minimum atomic E-state index is -3.72. The Kier molecular flexibility index (Phi) is 5.81. The molecule has 0 amide bonds. The lowest BCUT2D eigenvalue weighted by molar-refractivity contribution is 0.580. The predicted octanol–water partition coefficient (Wildman–Crippen LogP) is 3.42. The topological polar surface area (TPSA) is 81.1 Å². The van der Waals surface area contributed by atoms with Gasteiger partial charge in [0.2, 0.25) is 10.0 Å². The third kappa shape index (κ3) is 4.34. The van der Waals surface area contributed by atoms with Crippen molar-refractivity contribution in [1.82, 2.24) is 14.5 Å². The molecule has 0 spiro atoms. The average Bonchev–Trinajstić information content (AvgIpc) is 2.76. The Morgan fingerprint density at radius 1 is 1.00 bits per heavy atom. The molecule has 4 rings (SSSR count). The summed E-state index contributed by atoms with van der Waals surface area (Å²) in [6.45, 7) is 4.00. The molecule has 1 aliphatic carbocycles. The van der Waals surface area contributed by atoms with E-state index in [1.807, 2.05) is 37.3 Å². The molecule has 3 aromatic rings. The fraction of sp³-hybridized carbons (Fsp3) is 0.333. The van der Waals surface area contributed by atoms with Gasteiger partial charge in [-0.25, -0.2) is 17.8 Å². The van der Waals surface area contributed by atoms with Gasteiger partial charge in [-0.05, 0) is 62.3 Å². The summed E-state index contributed by atoms with van der Waals surface area (Å²) in [4.78, 5) is 12.7. The van der Waals surface area contributed by atoms with Gasteiger partial charge >= 0.3 is 0 Å². The highest BCUT2D eigenvalue weighted by Gasteiger charge is 2.23. The Morgan fingerprint density at radius 2 is 1.68 bits per heavy atom. The van der Waals surface area contributed by atoms with Crippen LogP contribution in [0, 0.1) is 13.8 Å². The minimum Gasteiger partial charge on any atom is -0.268 e. The van der Waals surface area contributed by atoms with Crippen molar-refractivity contribution in [1.29, 1.82) is 0 Å². The largest absolute Gasteiger partial charge is 0.269 e. The molecule has 0 radical (unpaired) electrons. The first kappa shape index (κ1) is 21.5. The van der Waals surface area contributed by atoms with Crippen molar-refractivity contribution in [3.8, 4) is 11.3 Å². The molecular formula is C24H27N3O3S. The number of aromatic nitrogens is 2. The monoisotopic (exact) mass is 437 g/mol. The van der Waals surface area contributed by atoms with Crippen LogP contribution in [0.4, 0.5) is 0 Å². The smallest absolute Gasteiger partial charge is 0.268 e. The first-order valence-electron chi connectivity index (χ1n) is 10.5. The summed E-state index contributed by atoms with van der Waals surface area (Å²) in [5, 5.41) is 4.50. The van der Waals surface area contributed by atoms with E-state index < -0.39 is 10.0 Å². The third-order valence-corrected chi connectivity index (χ3v) is 7.44. The lowest BCUT2D eigenvalue weighted by atomic mass is 9.89. The van der Waals surface area contributed by atoms with E-state index in [4.69, 9.17) is 0 Å². The number of nitrogens with zero attached hydrogens (tertiary/aromatic N) is 2. The van der Waals surface area contributed by atoms with Crippen molar-refractivity contribution in [2.45, 2.75) is 51.0 Å². The summed E-state index contributed by atoms with van der Waals surface area (Å²) in [6.07, 6.45) is 3.52. The normalized spacial score (nSPS) is 13.8. The van der Waals surface area contributed by atoms with Gasteiger partial charge in [-0.1, -0.05) is 42.0 Å². The lowest BCUT2D eigenvalue weighted by Gasteiger charge is -2.20. The molecule has 0 bridgehead atoms. The Balaban J connectivity index is 1.72. The van der Waals surface area contributed by atoms with Crippen LogP contribution in [-0.2, 0) is 36.5 Å². The van der Waals surface area contributed by atoms with Crippen LogP contribution in [0.3, 0.4) is 0 Å². The van der Waals surface area contributed by atoms with Crippen LogP contribution in [-0.4, -0.2) is 18.2 Å². The molecule has 2 aromatic carbocycles. The number of benzene rings is 2. The van der Waals surface area contributed by atoms with Crippen LogP contribution in [0.5, 0.6) is 0 Å². The molecular weight excluding hydrogens is 410 g/mol. The van der Waals surface area contributed by atoms with Crippen molar-refractivity contribution < 1.29 is 8.42 Å². The molecule has 0 unspecified atom stereocenters. The van der Waals surface area contributed by atoms with Gasteiger partial charge < -0.3 is 0 Å². The van der Waals surface area contributed by atoms with E-state index in [9.17, 15) is 13.2 Å². The van der Waals surface area contributed by atoms with Crippen molar-refractivity contribution in [3.05, 3.63) is 80.6 Å². The van der Waals surface area contributed by atoms with Crippen molar-refractivity contribution >= 4 is 10.0 Å². The van der Waals surface area contributed by atoms with E-state index in [0.29, 0.717) is 11.3 Å². The predicted molar refractivity (Wildman–Crippen MR) is 121 cm³/mol. The molecule has 0 saturated carbocycles. The first-order chi connectivity index (χ1) is 14.8. The van der Waals surface area contributed by atoms with E-state index >= 15 is 0 Å². The van der Waals surface area contributed by atoms with E-state index in [2.05, 4.69) is 9.82 Å². The molecule has 1 heterocycles. The molecule has 162 valence electrons. The van der Waals surface area contributed by atoms with Gasteiger partial charge in [0.25, 0.3) is 5.56 Å². The Morgan fingerprint density at radius 3 is 2.39 bits per heavy atom. The van der Waals surface area contributed by atoms with E-state index in [-0.39, 0.29) is 17.0 Å². The Labute approximate surface area is 183 Å². The second kappa shape index (κ2) is 8.40. The van der Waals surface area contributed by atoms with Gasteiger partial charge in [0.1, 0.15) is 0 Å². The minimum absolute atomic E-state index is 0.0572. The quantitative estimate of drug-likeness (QED) is 0.663. The summed E-state index contributed by atoms with van der Waals surface area (Å²) in [5.74, 6) is 0. The highest BCUT2D eigenvalue weighted by atomic mass is 32.2. The average molecular weight is 438 g/mol. The maximum absolute atomic E-state index is 13.1. The summed E-state index contributed by atoms with van der Waals surface area (Å²) in [7, 11) is -2.07. The summed E-state index contributed by atoms with van der Waals surface area (Å²) in [5.41, 5.74) is 5.81. The standard InChI is InChI=1S/C24H27N3O3S/c1-16-8-11-18(12-9-16)15-25-31(29,30)22-14-19(13-10-17(22)2)23-20-6-4-5-7-21(20)24(28)27(3)26-23/h8-14,25H,4-7,15H2,1-3H3. The molecule has 31 heavy (non-hydrogen) atoms. The van der Waals surface area contributed by atoms with Crippen LogP contribution in [0.15, 0.2) is 52.2 Å². The van der Waals surface area contributed by atoms with E-state index in [0.717, 1.165) is 53.5 Å². The number of rotatable bonds is 5. The summed E-state index contributed by atoms with van der Waals surface area (Å²) in [6, 6.07) is 13.1. The summed E-state index contributed by atoms with van der Waals surface area (Å²) < 4.78 is 30.3. The number of sulfonamides is 1. The molecule has 0 saturated heterocycles. The van der Waals surface area contributed by atoms with Crippen LogP contribution in [0.2, 0.25) is 0 Å². The fourth-order valence-corrected chi connectivity index (χ4v) is 5.37. The zero-order valence-electron chi connectivity index (χ0n) is 18.1. The highest BCUT2D eigenvalue weighted by Crippen LogP contribution is 2.30. The number of hydrogen-bond acceptors (Lipinski definition) is 4. The number of nitrogens with one attached hydrogen (secondary N) is 1. The van der Waals surface area contributed by atoms with Crippen molar-refractivity contribution in [2.75, 3.05) is 0 Å². The van der Waals surface area contributed by atoms with Crippen LogP contribution in [0.25, 0.3) is 11.3 Å². The lowest BCUT2D eigenvalue weighted by Crippen LogP contribution is -2.28. The van der Waals surface area contributed by atoms with Gasteiger partial charge in [0.15, 0.2) is 0 Å². The zero-order chi connectivity index (χ0) is 22.2. The molecule has 1 N–H and O–H groups in total. The zero-order valence-corrected chi connectivity index (χ0v) is 18.9. The summed E-state index contributed by atoms with van der Waals surface area (Å²) >= 11 is 0. The molecule has 6 nitrogen and oxygen atoms in total. The molecule has 1 aromatic heterocycles. The van der Waals surface area contributed by atoms with Crippen LogP contribution >= 0.6 is 0 Å². The molecule has 7 heteroatoms. The number of aryl methyl sites for hydroxylation is 3. The maximum Gasteiger partial charge on any atom is 0.269 e.